The zero-order valence-corrected chi connectivity index (χ0v) is 43.3. The van der Waals surface area contributed by atoms with Gasteiger partial charge in [-0.2, -0.15) is 0 Å². The molecule has 9 nitrogen and oxygen atoms in total. The smallest absolute Gasteiger partial charge is 0.220 e. The van der Waals surface area contributed by atoms with Crippen molar-refractivity contribution < 1.29 is 39.8 Å². The first-order chi connectivity index (χ1) is 33.8. The van der Waals surface area contributed by atoms with Gasteiger partial charge in [-0.1, -0.05) is 219 Å². The van der Waals surface area contributed by atoms with Crippen LogP contribution in [0.2, 0.25) is 0 Å². The summed E-state index contributed by atoms with van der Waals surface area (Å²) in [5.41, 5.74) is 0. The van der Waals surface area contributed by atoms with E-state index in [0.29, 0.717) is 12.8 Å². The minimum Gasteiger partial charge on any atom is -0.394 e. The lowest BCUT2D eigenvalue weighted by Crippen LogP contribution is -2.60. The minimum absolute atomic E-state index is 0.156. The van der Waals surface area contributed by atoms with Crippen LogP contribution in [-0.2, 0) is 14.3 Å². The lowest BCUT2D eigenvalue weighted by Gasteiger charge is -2.40. The molecule has 0 bridgehead atoms. The number of carbonyl (C=O) groups is 1. The van der Waals surface area contributed by atoms with E-state index in [1.807, 2.05) is 0 Å². The van der Waals surface area contributed by atoms with E-state index in [4.69, 9.17) is 9.47 Å². The van der Waals surface area contributed by atoms with Gasteiger partial charge in [0.15, 0.2) is 6.29 Å². The summed E-state index contributed by atoms with van der Waals surface area (Å²) in [7, 11) is 0. The maximum absolute atomic E-state index is 13.0. The van der Waals surface area contributed by atoms with Crippen molar-refractivity contribution in [1.29, 1.82) is 0 Å². The van der Waals surface area contributed by atoms with Crippen molar-refractivity contribution in [2.24, 2.45) is 0 Å². The minimum atomic E-state index is -1.56. The number of hydrogen-bond acceptors (Lipinski definition) is 8. The first-order valence-electron chi connectivity index (χ1n) is 27.2. The Hall–Kier alpha value is -3.41. The van der Waals surface area contributed by atoms with Gasteiger partial charge in [0.05, 0.1) is 25.4 Å². The summed E-state index contributed by atoms with van der Waals surface area (Å²) in [4.78, 5) is 13.0. The zero-order chi connectivity index (χ0) is 50.1. The van der Waals surface area contributed by atoms with E-state index in [1.54, 1.807) is 0 Å². The van der Waals surface area contributed by atoms with Crippen molar-refractivity contribution in [2.45, 2.75) is 236 Å². The fraction of sp³-hybridized carbons (Fsp3) is 0.650. The number of aliphatic hydroxyl groups excluding tert-OH is 5. The van der Waals surface area contributed by atoms with Gasteiger partial charge in [-0.3, -0.25) is 4.79 Å². The number of unbranched alkanes of at least 4 members (excludes halogenated alkanes) is 14. The molecule has 0 radical (unpaired) electrons. The normalized spacial score (nSPS) is 20.5. The summed E-state index contributed by atoms with van der Waals surface area (Å²) in [5, 5.41) is 54.4. The molecule has 0 spiro atoms. The Kier molecular flexibility index (Phi) is 44.5. The Morgan fingerprint density at radius 2 is 0.899 bits per heavy atom. The van der Waals surface area contributed by atoms with E-state index in [0.717, 1.165) is 116 Å². The molecule has 69 heavy (non-hydrogen) atoms. The van der Waals surface area contributed by atoms with Gasteiger partial charge in [-0.15, -0.1) is 0 Å². The van der Waals surface area contributed by atoms with Crippen molar-refractivity contribution in [3.05, 3.63) is 122 Å². The third-order valence-corrected chi connectivity index (χ3v) is 12.1. The molecule has 1 heterocycles. The summed E-state index contributed by atoms with van der Waals surface area (Å²) in [5.74, 6) is -0.176. The van der Waals surface area contributed by atoms with E-state index in [-0.39, 0.29) is 12.5 Å². The monoisotopic (exact) mass is 962 g/mol. The summed E-state index contributed by atoms with van der Waals surface area (Å²) in [6.07, 6.45) is 65.1. The Morgan fingerprint density at radius 1 is 0.507 bits per heavy atom. The zero-order valence-electron chi connectivity index (χ0n) is 43.3. The number of carbonyl (C=O) groups excluding carboxylic acids is 1. The highest BCUT2D eigenvalue weighted by atomic mass is 16.7. The highest BCUT2D eigenvalue weighted by Crippen LogP contribution is 2.23. The van der Waals surface area contributed by atoms with Crippen molar-refractivity contribution in [3.8, 4) is 0 Å². The third kappa shape index (κ3) is 38.0. The topological polar surface area (TPSA) is 149 Å². The van der Waals surface area contributed by atoms with Gasteiger partial charge in [0, 0.05) is 6.42 Å². The number of hydrogen-bond donors (Lipinski definition) is 6. The van der Waals surface area contributed by atoms with Gasteiger partial charge in [-0.05, 0) is 89.9 Å². The first-order valence-corrected chi connectivity index (χ1v) is 27.2. The predicted octanol–water partition coefficient (Wildman–Crippen LogP) is 13.2. The van der Waals surface area contributed by atoms with Gasteiger partial charge in [0.1, 0.15) is 24.4 Å². The highest BCUT2D eigenvalue weighted by Gasteiger charge is 2.44. The SMILES string of the molecule is CC/C=C\C/C=C\C/C=C\C/C=C\C/C=C\C/C=C\C/C=C\C/C=C\C/C=C\C/C=C\CCCCCCC(=O)NC(COC1OC(CO)C(O)C(O)C1O)C(O)CCCCCCCCCCCCC. The molecule has 7 unspecified atom stereocenters. The van der Waals surface area contributed by atoms with Gasteiger partial charge in [-0.25, -0.2) is 0 Å². The van der Waals surface area contributed by atoms with Crippen LogP contribution in [0, 0.1) is 0 Å². The second-order valence-electron chi connectivity index (χ2n) is 18.3. The van der Waals surface area contributed by atoms with Crippen LogP contribution in [0.1, 0.15) is 194 Å². The van der Waals surface area contributed by atoms with E-state index in [2.05, 4.69) is 141 Å². The maximum atomic E-state index is 13.0. The van der Waals surface area contributed by atoms with Crippen molar-refractivity contribution in [1.82, 2.24) is 5.32 Å². The molecule has 0 aromatic carbocycles. The van der Waals surface area contributed by atoms with Crippen LogP contribution in [0.5, 0.6) is 0 Å². The number of allylic oxidation sites excluding steroid dienone is 20. The number of amides is 1. The molecule has 1 fully saturated rings. The quantitative estimate of drug-likeness (QED) is 0.0261. The van der Waals surface area contributed by atoms with Crippen molar-refractivity contribution >= 4 is 5.91 Å². The summed E-state index contributed by atoms with van der Waals surface area (Å²) in [6, 6.07) is -0.740. The Balaban J connectivity index is 2.21. The maximum Gasteiger partial charge on any atom is 0.220 e. The number of ether oxygens (including phenoxy) is 2. The van der Waals surface area contributed by atoms with Crippen LogP contribution >= 0.6 is 0 Å². The van der Waals surface area contributed by atoms with Gasteiger partial charge in [0.2, 0.25) is 5.91 Å². The van der Waals surface area contributed by atoms with Crippen LogP contribution in [0.25, 0.3) is 0 Å². The van der Waals surface area contributed by atoms with Crippen molar-refractivity contribution in [3.63, 3.8) is 0 Å². The molecule has 1 aliphatic rings. The van der Waals surface area contributed by atoms with Crippen LogP contribution in [0.4, 0.5) is 0 Å². The molecule has 1 saturated heterocycles. The second kappa shape index (κ2) is 48.2. The van der Waals surface area contributed by atoms with Gasteiger partial charge < -0.3 is 40.3 Å². The van der Waals surface area contributed by atoms with E-state index >= 15 is 0 Å². The highest BCUT2D eigenvalue weighted by molar-refractivity contribution is 5.76. The molecule has 1 rings (SSSR count). The second-order valence-corrected chi connectivity index (χ2v) is 18.3. The molecule has 7 atom stereocenters. The standard InChI is InChI=1S/C60H99NO8/c1-3-5-7-9-11-13-15-16-17-18-19-20-21-22-23-24-25-26-27-28-29-30-31-32-33-34-35-36-37-38-40-42-44-46-48-50-56(64)61-53(52-68-60-59(67)58(66)57(65)55(51-62)69-60)54(63)49-47-45-43-41-39-14-12-10-8-6-4-2/h5,7,11,13,16-17,19-20,22-23,25-26,28-29,31-32,34-35,37-38,53-55,57-60,62-63,65-67H,3-4,6,8-10,12,14-15,18,21,24,27,30,33,36,39-52H2,1-2H3,(H,61,64)/b7-5-,13-11-,17-16-,20-19-,23-22-,26-25-,29-28-,32-31-,35-34-,38-37-. The Morgan fingerprint density at radius 3 is 1.33 bits per heavy atom. The molecule has 9 heteroatoms. The van der Waals surface area contributed by atoms with Crippen LogP contribution < -0.4 is 5.32 Å². The van der Waals surface area contributed by atoms with Gasteiger partial charge in [0.25, 0.3) is 0 Å². The molecule has 1 amide bonds. The molecular weight excluding hydrogens is 863 g/mol. The summed E-state index contributed by atoms with van der Waals surface area (Å²) >= 11 is 0. The Bertz CT molecular complexity index is 1490. The van der Waals surface area contributed by atoms with Gasteiger partial charge >= 0.3 is 0 Å². The molecule has 6 N–H and O–H groups in total. The summed E-state index contributed by atoms with van der Waals surface area (Å²) in [6.45, 7) is 3.67. The molecular formula is C60H99NO8. The number of nitrogens with one attached hydrogen (secondary N) is 1. The number of rotatable bonds is 44. The van der Waals surface area contributed by atoms with Crippen LogP contribution in [-0.4, -0.2) is 87.5 Å². The van der Waals surface area contributed by atoms with E-state index in [1.165, 1.54) is 51.4 Å². The van der Waals surface area contributed by atoms with Crippen molar-refractivity contribution in [2.75, 3.05) is 13.2 Å². The largest absolute Gasteiger partial charge is 0.394 e. The fourth-order valence-corrected chi connectivity index (χ4v) is 7.78. The lowest BCUT2D eigenvalue weighted by atomic mass is 9.99. The molecule has 0 aliphatic carbocycles. The van der Waals surface area contributed by atoms with Crippen LogP contribution in [0.15, 0.2) is 122 Å². The first kappa shape index (κ1) is 63.6. The molecule has 1 aliphatic heterocycles. The number of aliphatic hydroxyl groups is 5. The molecule has 392 valence electrons. The summed E-state index contributed by atoms with van der Waals surface area (Å²) < 4.78 is 11.3. The van der Waals surface area contributed by atoms with E-state index in [9.17, 15) is 30.3 Å². The average molecular weight is 962 g/mol. The predicted molar refractivity (Wildman–Crippen MR) is 290 cm³/mol. The average Bonchev–Trinajstić information content (AvgIpc) is 3.35. The Labute approximate surface area is 420 Å². The molecule has 0 saturated carbocycles. The van der Waals surface area contributed by atoms with E-state index < -0.39 is 49.5 Å². The van der Waals surface area contributed by atoms with Crippen LogP contribution in [0.3, 0.4) is 0 Å². The third-order valence-electron chi connectivity index (χ3n) is 12.1. The molecule has 0 aromatic heterocycles. The fourth-order valence-electron chi connectivity index (χ4n) is 7.78. The molecule has 0 aromatic rings. The lowest BCUT2D eigenvalue weighted by molar-refractivity contribution is -0.302.